The van der Waals surface area contributed by atoms with Crippen molar-refractivity contribution >= 4 is 49.2 Å². The van der Waals surface area contributed by atoms with Crippen LogP contribution >= 0.6 is 22.6 Å². The Kier molecular flexibility index (Phi) is 6.10. The average molecular weight is 523 g/mol. The summed E-state index contributed by atoms with van der Waals surface area (Å²) >= 11 is 2.26. The summed E-state index contributed by atoms with van der Waals surface area (Å²) in [7, 11) is -0.498. The average Bonchev–Trinajstić information content (AvgIpc) is 3.18. The number of fused-ring (bicyclic) bond motifs is 1. The molecule has 154 valence electrons. The van der Waals surface area contributed by atoms with E-state index in [9.17, 15) is 4.21 Å². The summed E-state index contributed by atoms with van der Waals surface area (Å²) in [5, 5.41) is 1.05. The first kappa shape index (κ1) is 20.6. The largest absolute Gasteiger partial charge is 0.356 e. The lowest BCUT2D eigenvalue weighted by atomic mass is 9.86. The molecule has 3 aromatic rings. The highest BCUT2D eigenvalue weighted by molar-refractivity contribution is 14.1. The quantitative estimate of drug-likeness (QED) is 0.455. The molecule has 0 bridgehead atoms. The van der Waals surface area contributed by atoms with E-state index in [4.69, 9.17) is 4.78 Å². The molecule has 0 aliphatic heterocycles. The van der Waals surface area contributed by atoms with Crippen molar-refractivity contribution in [2.24, 2.45) is 5.92 Å². The van der Waals surface area contributed by atoms with Crippen LogP contribution in [0, 0.1) is 14.3 Å². The van der Waals surface area contributed by atoms with Crippen LogP contribution in [0.5, 0.6) is 0 Å². The number of H-pyrrole nitrogens is 1. The molecule has 0 spiro atoms. The number of hydrogen-bond acceptors (Lipinski definition) is 5. The van der Waals surface area contributed by atoms with Gasteiger partial charge in [-0.1, -0.05) is 12.1 Å². The first-order valence-electron chi connectivity index (χ1n) is 9.91. The van der Waals surface area contributed by atoms with Gasteiger partial charge in [0.15, 0.2) is 0 Å². The number of benzene rings is 1. The van der Waals surface area contributed by atoms with Gasteiger partial charge >= 0.3 is 0 Å². The normalized spacial score (nSPS) is 21.7. The lowest BCUT2D eigenvalue weighted by Crippen LogP contribution is -2.37. The Hall–Kier alpha value is -1.68. The van der Waals surface area contributed by atoms with Gasteiger partial charge in [-0.25, -0.2) is 14.2 Å². The van der Waals surface area contributed by atoms with Gasteiger partial charge in [0, 0.05) is 38.3 Å². The molecule has 1 atom stereocenters. The molecular weight excluding hydrogens is 497 g/mol. The number of hydrogen-bond donors (Lipinski definition) is 2. The predicted molar refractivity (Wildman–Crippen MR) is 127 cm³/mol. The molecule has 2 aromatic heterocycles. The Morgan fingerprint density at radius 3 is 2.62 bits per heavy atom. The van der Waals surface area contributed by atoms with Gasteiger partial charge in [0.2, 0.25) is 0 Å². The summed E-state index contributed by atoms with van der Waals surface area (Å²) in [4.78, 5) is 14.2. The molecule has 6 nitrogen and oxygen atoms in total. The molecule has 0 radical (unpaired) electrons. The van der Waals surface area contributed by atoms with Crippen molar-refractivity contribution < 1.29 is 4.21 Å². The Labute approximate surface area is 185 Å². The van der Waals surface area contributed by atoms with Crippen molar-refractivity contribution in [3.63, 3.8) is 0 Å². The molecule has 0 amide bonds. The van der Waals surface area contributed by atoms with Crippen LogP contribution in [0.2, 0.25) is 0 Å². The number of nitrogens with one attached hydrogen (secondary N) is 2. The zero-order valence-corrected chi connectivity index (χ0v) is 19.4. The van der Waals surface area contributed by atoms with Crippen molar-refractivity contribution in [3.8, 4) is 0 Å². The second kappa shape index (κ2) is 8.59. The Morgan fingerprint density at radius 2 is 1.90 bits per heavy atom. The third-order valence-electron chi connectivity index (χ3n) is 5.85. The van der Waals surface area contributed by atoms with Crippen LogP contribution in [-0.4, -0.2) is 38.0 Å². The van der Waals surface area contributed by atoms with Crippen LogP contribution in [0.15, 0.2) is 42.9 Å². The van der Waals surface area contributed by atoms with Gasteiger partial charge in [-0.05, 0) is 78.0 Å². The van der Waals surface area contributed by atoms with E-state index in [1.165, 1.54) is 0 Å². The number of aromatic nitrogens is 3. The van der Waals surface area contributed by atoms with E-state index >= 15 is 0 Å². The Morgan fingerprint density at radius 1 is 1.17 bits per heavy atom. The number of rotatable bonds is 6. The van der Waals surface area contributed by atoms with Crippen LogP contribution in [0.3, 0.4) is 0 Å². The molecule has 0 unspecified atom stereocenters. The van der Waals surface area contributed by atoms with Crippen molar-refractivity contribution in [1.82, 2.24) is 15.0 Å². The second-order valence-electron chi connectivity index (χ2n) is 7.97. The van der Waals surface area contributed by atoms with Gasteiger partial charge in [0.1, 0.15) is 17.8 Å². The van der Waals surface area contributed by atoms with E-state index in [2.05, 4.69) is 49.5 Å². The van der Waals surface area contributed by atoms with E-state index in [-0.39, 0.29) is 0 Å². The van der Waals surface area contributed by atoms with Crippen LogP contribution in [0.25, 0.3) is 11.0 Å². The van der Waals surface area contributed by atoms with Crippen molar-refractivity contribution in [2.75, 3.05) is 17.7 Å². The van der Waals surface area contributed by atoms with Gasteiger partial charge in [0.05, 0.1) is 11.1 Å². The molecule has 2 heterocycles. The molecule has 1 aromatic carbocycles. The molecule has 1 fully saturated rings. The molecule has 1 aliphatic carbocycles. The standard InChI is InChI=1S/C21H26IN5OS/c1-27(21-19-10-11-24-20(19)25-14-26-21)18-8-4-16(5-9-18)13-29(23,28)12-15-2-6-17(22)7-3-15/h2-3,6-7,10-11,14,16,18,23H,4-5,8-9,12-13H2,1H3,(H,24,25,26)/t16-,18-,29-/m0/s1. The summed E-state index contributed by atoms with van der Waals surface area (Å²) < 4.78 is 22.4. The Balaban J connectivity index is 1.35. The maximum absolute atomic E-state index is 12.9. The van der Waals surface area contributed by atoms with Gasteiger partial charge in [-0.3, -0.25) is 4.78 Å². The number of nitrogens with zero attached hydrogens (tertiary/aromatic N) is 3. The fraction of sp³-hybridized carbons (Fsp3) is 0.429. The predicted octanol–water partition coefficient (Wildman–Crippen LogP) is 4.80. The molecule has 1 aliphatic rings. The minimum absolute atomic E-state index is 0.357. The van der Waals surface area contributed by atoms with E-state index in [0.717, 1.165) is 51.7 Å². The maximum Gasteiger partial charge on any atom is 0.142 e. The third kappa shape index (κ3) is 4.91. The van der Waals surface area contributed by atoms with Crippen LogP contribution in [0.4, 0.5) is 5.82 Å². The fourth-order valence-corrected chi connectivity index (χ4v) is 6.60. The third-order valence-corrected chi connectivity index (χ3v) is 8.38. The van der Waals surface area contributed by atoms with E-state index < -0.39 is 9.73 Å². The second-order valence-corrected chi connectivity index (χ2v) is 11.5. The molecule has 0 saturated heterocycles. The smallest absolute Gasteiger partial charge is 0.142 e. The molecule has 29 heavy (non-hydrogen) atoms. The molecule has 1 saturated carbocycles. The minimum Gasteiger partial charge on any atom is -0.356 e. The van der Waals surface area contributed by atoms with Gasteiger partial charge < -0.3 is 9.88 Å². The highest BCUT2D eigenvalue weighted by Gasteiger charge is 2.27. The van der Waals surface area contributed by atoms with Crippen LogP contribution in [-0.2, 0) is 15.5 Å². The lowest BCUT2D eigenvalue weighted by Gasteiger charge is -2.35. The summed E-state index contributed by atoms with van der Waals surface area (Å²) in [6, 6.07) is 10.4. The molecule has 4 rings (SSSR count). The van der Waals surface area contributed by atoms with Crippen molar-refractivity contribution in [2.45, 2.75) is 37.5 Å². The summed E-state index contributed by atoms with van der Waals surface area (Å²) in [5.74, 6) is 2.19. The monoisotopic (exact) mass is 523 g/mol. The minimum atomic E-state index is -2.60. The number of anilines is 1. The number of aromatic amines is 1. The maximum atomic E-state index is 12.9. The van der Waals surface area contributed by atoms with E-state index in [1.54, 1.807) is 6.33 Å². The van der Waals surface area contributed by atoms with Gasteiger partial charge in [0.25, 0.3) is 0 Å². The first-order chi connectivity index (χ1) is 13.9. The van der Waals surface area contributed by atoms with Crippen LogP contribution < -0.4 is 4.90 Å². The first-order valence-corrected chi connectivity index (χ1v) is 12.9. The Bertz CT molecular complexity index is 1070. The molecule has 2 N–H and O–H groups in total. The van der Waals surface area contributed by atoms with Gasteiger partial charge in [-0.15, -0.1) is 0 Å². The van der Waals surface area contributed by atoms with E-state index in [1.807, 2.05) is 36.5 Å². The zero-order chi connectivity index (χ0) is 20.4. The van der Waals surface area contributed by atoms with Crippen LogP contribution in [0.1, 0.15) is 31.2 Å². The van der Waals surface area contributed by atoms with Gasteiger partial charge in [-0.2, -0.15) is 0 Å². The summed E-state index contributed by atoms with van der Waals surface area (Å²) in [5.41, 5.74) is 1.86. The number of halogens is 1. The topological polar surface area (TPSA) is 85.7 Å². The zero-order valence-electron chi connectivity index (χ0n) is 16.5. The molecular formula is C21H26IN5OS. The van der Waals surface area contributed by atoms with Crippen molar-refractivity contribution in [1.29, 1.82) is 4.78 Å². The molecule has 8 heteroatoms. The highest BCUT2D eigenvalue weighted by atomic mass is 127. The highest BCUT2D eigenvalue weighted by Crippen LogP contribution is 2.32. The lowest BCUT2D eigenvalue weighted by molar-refractivity contribution is 0.342. The van der Waals surface area contributed by atoms with E-state index in [0.29, 0.717) is 23.5 Å². The summed E-state index contributed by atoms with van der Waals surface area (Å²) in [6.07, 6.45) is 7.60. The fourth-order valence-electron chi connectivity index (χ4n) is 4.30. The summed E-state index contributed by atoms with van der Waals surface area (Å²) in [6.45, 7) is 0. The SMILES string of the molecule is CN(c1ncnc2[nH]ccc12)[C@H]1CC[C@H](C[S@@](=N)(=O)Cc2ccc(I)cc2)CC1. The van der Waals surface area contributed by atoms with Crippen molar-refractivity contribution in [3.05, 3.63) is 52.0 Å².